The van der Waals surface area contributed by atoms with Crippen LogP contribution >= 0.6 is 0 Å². The smallest absolute Gasteiger partial charge is 0.407 e. The molecule has 4 heteroatoms. The maximum Gasteiger partial charge on any atom is 0.407 e. The minimum atomic E-state index is -0.389. The average molecular weight is 188 g/mol. The van der Waals surface area contributed by atoms with E-state index < -0.39 is 0 Å². The number of ether oxygens (including phenoxy) is 1. The van der Waals surface area contributed by atoms with Crippen LogP contribution in [-0.2, 0) is 4.74 Å². The number of benzene rings is 1. The van der Waals surface area contributed by atoms with E-state index in [9.17, 15) is 4.79 Å². The van der Waals surface area contributed by atoms with Crippen LogP contribution in [0, 0.1) is 11.3 Å². The molecule has 0 spiro atoms. The monoisotopic (exact) mass is 188 g/mol. The molecule has 14 heavy (non-hydrogen) atoms. The number of carbonyl (C=O) groups is 1. The van der Waals surface area contributed by atoms with Crippen LogP contribution in [0.4, 0.5) is 4.79 Å². The molecule has 1 aliphatic heterocycles. The Hall–Kier alpha value is -2.02. The Bertz CT molecular complexity index is 392. The van der Waals surface area contributed by atoms with Gasteiger partial charge in [-0.1, -0.05) is 12.1 Å². The molecule has 0 radical (unpaired) electrons. The number of carbonyl (C=O) groups excluding carboxylic acids is 1. The Morgan fingerprint density at radius 2 is 2.14 bits per heavy atom. The molecule has 4 nitrogen and oxygen atoms in total. The van der Waals surface area contributed by atoms with E-state index in [1.54, 1.807) is 12.1 Å². The van der Waals surface area contributed by atoms with Gasteiger partial charge in [-0.25, -0.2) is 4.79 Å². The van der Waals surface area contributed by atoms with E-state index in [0.29, 0.717) is 12.2 Å². The second kappa shape index (κ2) is 3.38. The molecule has 1 atom stereocenters. The fraction of sp³-hybridized carbons (Fsp3) is 0.200. The van der Waals surface area contributed by atoms with Gasteiger partial charge in [-0.3, -0.25) is 0 Å². The van der Waals surface area contributed by atoms with E-state index >= 15 is 0 Å². The average Bonchev–Trinajstić information content (AvgIpc) is 2.65. The van der Waals surface area contributed by atoms with Crippen LogP contribution in [0.2, 0.25) is 0 Å². The molecule has 0 aliphatic carbocycles. The van der Waals surface area contributed by atoms with E-state index in [2.05, 4.69) is 5.32 Å². The molecule has 1 amide bonds. The quantitative estimate of drug-likeness (QED) is 0.723. The van der Waals surface area contributed by atoms with Crippen molar-refractivity contribution in [3.05, 3.63) is 35.4 Å². The summed E-state index contributed by atoms with van der Waals surface area (Å²) in [6, 6.07) is 9.03. The van der Waals surface area contributed by atoms with Crippen LogP contribution in [0.5, 0.6) is 0 Å². The third-order valence-electron chi connectivity index (χ3n) is 2.12. The molecule has 1 saturated heterocycles. The van der Waals surface area contributed by atoms with Crippen LogP contribution in [0.3, 0.4) is 0 Å². The number of hydrogen-bond donors (Lipinski definition) is 1. The summed E-state index contributed by atoms with van der Waals surface area (Å²) in [5, 5.41) is 11.3. The van der Waals surface area contributed by atoms with Crippen molar-refractivity contribution >= 4 is 6.09 Å². The minimum absolute atomic E-state index is 0.0877. The predicted molar refractivity (Wildman–Crippen MR) is 48.4 cm³/mol. The number of amides is 1. The third-order valence-corrected chi connectivity index (χ3v) is 2.12. The summed E-state index contributed by atoms with van der Waals surface area (Å²) in [5.41, 5.74) is 1.56. The third kappa shape index (κ3) is 1.52. The van der Waals surface area contributed by atoms with Gasteiger partial charge in [-0.15, -0.1) is 0 Å². The lowest BCUT2D eigenvalue weighted by molar-refractivity contribution is 0.177. The van der Waals surface area contributed by atoms with Crippen LogP contribution in [-0.4, -0.2) is 12.7 Å². The van der Waals surface area contributed by atoms with Crippen molar-refractivity contribution in [2.75, 3.05) is 6.61 Å². The number of nitriles is 1. The summed E-state index contributed by atoms with van der Waals surface area (Å²) < 4.78 is 4.76. The lowest BCUT2D eigenvalue weighted by Gasteiger charge is -2.06. The molecule has 0 saturated carbocycles. The van der Waals surface area contributed by atoms with Gasteiger partial charge in [-0.05, 0) is 17.7 Å². The van der Waals surface area contributed by atoms with Gasteiger partial charge in [0.05, 0.1) is 17.7 Å². The SMILES string of the molecule is N#Cc1ccc([C@@H]2COC(=O)N2)cc1. The molecule has 1 aromatic rings. The van der Waals surface area contributed by atoms with Gasteiger partial charge in [0.15, 0.2) is 0 Å². The van der Waals surface area contributed by atoms with Crippen molar-refractivity contribution in [2.45, 2.75) is 6.04 Å². The summed E-state index contributed by atoms with van der Waals surface area (Å²) in [6.45, 7) is 0.352. The predicted octanol–water partition coefficient (Wildman–Crippen LogP) is 1.34. The van der Waals surface area contributed by atoms with Crippen molar-refractivity contribution in [3.8, 4) is 6.07 Å². The lowest BCUT2D eigenvalue weighted by atomic mass is 10.1. The zero-order chi connectivity index (χ0) is 9.97. The summed E-state index contributed by atoms with van der Waals surface area (Å²) >= 11 is 0. The Morgan fingerprint density at radius 3 is 2.64 bits per heavy atom. The van der Waals surface area contributed by atoms with Crippen LogP contribution in [0.1, 0.15) is 17.2 Å². The first kappa shape index (κ1) is 8.57. The number of nitrogens with zero attached hydrogens (tertiary/aromatic N) is 1. The van der Waals surface area contributed by atoms with E-state index in [-0.39, 0.29) is 12.1 Å². The maximum atomic E-state index is 10.8. The normalized spacial score (nSPS) is 19.6. The highest BCUT2D eigenvalue weighted by Crippen LogP contribution is 2.18. The Kier molecular flexibility index (Phi) is 2.07. The highest BCUT2D eigenvalue weighted by atomic mass is 16.6. The molecule has 70 valence electrons. The van der Waals surface area contributed by atoms with Crippen molar-refractivity contribution in [3.63, 3.8) is 0 Å². The van der Waals surface area contributed by atoms with Gasteiger partial charge < -0.3 is 10.1 Å². The number of alkyl carbamates (subject to hydrolysis) is 1. The molecule has 0 unspecified atom stereocenters. The number of cyclic esters (lactones) is 1. The van der Waals surface area contributed by atoms with Gasteiger partial charge in [0, 0.05) is 0 Å². The second-order valence-electron chi connectivity index (χ2n) is 3.03. The summed E-state index contributed by atoms with van der Waals surface area (Å²) in [4.78, 5) is 10.8. The summed E-state index contributed by atoms with van der Waals surface area (Å²) in [7, 11) is 0. The highest BCUT2D eigenvalue weighted by molar-refractivity contribution is 5.70. The highest BCUT2D eigenvalue weighted by Gasteiger charge is 2.23. The van der Waals surface area contributed by atoms with Crippen LogP contribution in [0.15, 0.2) is 24.3 Å². The molecule has 1 heterocycles. The first-order chi connectivity index (χ1) is 6.79. The maximum absolute atomic E-state index is 10.8. The van der Waals surface area contributed by atoms with Crippen LogP contribution in [0.25, 0.3) is 0 Å². The summed E-state index contributed by atoms with van der Waals surface area (Å²) in [6.07, 6.45) is -0.389. The first-order valence-electron chi connectivity index (χ1n) is 4.23. The van der Waals surface area contributed by atoms with Crippen molar-refractivity contribution in [1.29, 1.82) is 5.26 Å². The number of hydrogen-bond acceptors (Lipinski definition) is 3. The van der Waals surface area contributed by atoms with Gasteiger partial charge in [-0.2, -0.15) is 5.26 Å². The number of rotatable bonds is 1. The molecular weight excluding hydrogens is 180 g/mol. The zero-order valence-corrected chi connectivity index (χ0v) is 7.36. The second-order valence-corrected chi connectivity index (χ2v) is 3.03. The zero-order valence-electron chi connectivity index (χ0n) is 7.36. The van der Waals surface area contributed by atoms with Gasteiger partial charge in [0.1, 0.15) is 6.61 Å². The Labute approximate surface area is 81.1 Å². The minimum Gasteiger partial charge on any atom is -0.447 e. The Morgan fingerprint density at radius 1 is 1.43 bits per heavy atom. The molecule has 0 aromatic heterocycles. The Balaban J connectivity index is 2.18. The van der Waals surface area contributed by atoms with Crippen molar-refractivity contribution in [1.82, 2.24) is 5.32 Å². The molecule has 1 fully saturated rings. The van der Waals surface area contributed by atoms with E-state index in [1.165, 1.54) is 0 Å². The molecular formula is C10H8N2O2. The van der Waals surface area contributed by atoms with Crippen LogP contribution < -0.4 is 5.32 Å². The largest absolute Gasteiger partial charge is 0.447 e. The molecule has 2 rings (SSSR count). The van der Waals surface area contributed by atoms with Gasteiger partial charge in [0.25, 0.3) is 0 Å². The van der Waals surface area contributed by atoms with Crippen molar-refractivity contribution in [2.24, 2.45) is 0 Å². The fourth-order valence-corrected chi connectivity index (χ4v) is 1.35. The molecule has 0 bridgehead atoms. The van der Waals surface area contributed by atoms with E-state index in [1.807, 2.05) is 18.2 Å². The van der Waals surface area contributed by atoms with Gasteiger partial charge in [0.2, 0.25) is 0 Å². The molecule has 1 N–H and O–H groups in total. The molecule has 1 aromatic carbocycles. The van der Waals surface area contributed by atoms with E-state index in [0.717, 1.165) is 5.56 Å². The van der Waals surface area contributed by atoms with Gasteiger partial charge >= 0.3 is 6.09 Å². The lowest BCUT2D eigenvalue weighted by Crippen LogP contribution is -2.18. The summed E-state index contributed by atoms with van der Waals surface area (Å²) in [5.74, 6) is 0. The topological polar surface area (TPSA) is 62.1 Å². The van der Waals surface area contributed by atoms with Crippen molar-refractivity contribution < 1.29 is 9.53 Å². The van der Waals surface area contributed by atoms with E-state index in [4.69, 9.17) is 10.00 Å². The first-order valence-corrected chi connectivity index (χ1v) is 4.23. The standard InChI is InChI=1S/C10H8N2O2/c11-5-7-1-3-8(4-2-7)9-6-14-10(13)12-9/h1-4,9H,6H2,(H,12,13)/t9-/m0/s1. The number of nitrogens with one attached hydrogen (secondary N) is 1. The molecule has 1 aliphatic rings. The fourth-order valence-electron chi connectivity index (χ4n) is 1.35.